The summed E-state index contributed by atoms with van der Waals surface area (Å²) in [6.45, 7) is 3.22. The summed E-state index contributed by atoms with van der Waals surface area (Å²) in [5.41, 5.74) is 4.64. The Hall–Kier alpha value is -4.17. The lowest BCUT2D eigenvalue weighted by atomic mass is 10.0. The molecule has 8 nitrogen and oxygen atoms in total. The first kappa shape index (κ1) is 24.2. The third-order valence-electron chi connectivity index (χ3n) is 7.46. The van der Waals surface area contributed by atoms with Gasteiger partial charge in [-0.2, -0.15) is 0 Å². The van der Waals surface area contributed by atoms with Crippen LogP contribution in [0.5, 0.6) is 0 Å². The highest BCUT2D eigenvalue weighted by molar-refractivity contribution is 5.79. The van der Waals surface area contributed by atoms with Crippen LogP contribution in [0.3, 0.4) is 0 Å². The Morgan fingerprint density at radius 2 is 1.79 bits per heavy atom. The van der Waals surface area contributed by atoms with Crippen molar-refractivity contribution in [2.45, 2.75) is 57.8 Å². The number of tetrazole rings is 1. The molecule has 1 aliphatic carbocycles. The predicted molar refractivity (Wildman–Crippen MR) is 146 cm³/mol. The van der Waals surface area contributed by atoms with E-state index in [1.807, 2.05) is 54.2 Å². The molecule has 3 heterocycles. The molecule has 0 spiro atoms. The Kier molecular flexibility index (Phi) is 6.79. The standard InChI is InChI=1S/C30H31N7O/c1-21-13-14-24-17-26(30(38)32-27(24)16-21)28(29-33-34-35-37(29)25-11-5-6-12-25)36(19-22-8-3-2-4-9-22)20-23-10-7-15-31-18-23/h2-4,7-10,13-18,25,28H,5-6,11-12,19-20H2,1H3,(H,32,38)/t28-/m1/s1. The van der Waals surface area contributed by atoms with E-state index in [4.69, 9.17) is 0 Å². The molecular weight excluding hydrogens is 474 g/mol. The van der Waals surface area contributed by atoms with Crippen molar-refractivity contribution in [3.05, 3.63) is 118 Å². The fourth-order valence-corrected chi connectivity index (χ4v) is 5.61. The van der Waals surface area contributed by atoms with Crippen molar-refractivity contribution in [3.8, 4) is 0 Å². The summed E-state index contributed by atoms with van der Waals surface area (Å²) >= 11 is 0. The van der Waals surface area contributed by atoms with E-state index in [0.29, 0.717) is 24.5 Å². The van der Waals surface area contributed by atoms with Crippen LogP contribution < -0.4 is 5.56 Å². The van der Waals surface area contributed by atoms with E-state index in [1.165, 1.54) is 0 Å². The molecule has 1 aliphatic rings. The first-order valence-electron chi connectivity index (χ1n) is 13.2. The Morgan fingerprint density at radius 1 is 1.00 bits per heavy atom. The normalized spacial score (nSPS) is 14.9. The van der Waals surface area contributed by atoms with Crippen LogP contribution in [0.15, 0.2) is 83.9 Å². The minimum absolute atomic E-state index is 0.127. The van der Waals surface area contributed by atoms with Gasteiger partial charge in [-0.1, -0.05) is 61.4 Å². The van der Waals surface area contributed by atoms with E-state index in [2.05, 4.69) is 60.7 Å². The summed E-state index contributed by atoms with van der Waals surface area (Å²) in [7, 11) is 0. The number of aromatic nitrogens is 6. The molecule has 2 aromatic carbocycles. The molecule has 5 aromatic rings. The summed E-state index contributed by atoms with van der Waals surface area (Å²) in [4.78, 5) is 23.5. The van der Waals surface area contributed by atoms with Gasteiger partial charge in [0, 0.05) is 36.6 Å². The zero-order valence-corrected chi connectivity index (χ0v) is 21.5. The Morgan fingerprint density at radius 3 is 2.58 bits per heavy atom. The van der Waals surface area contributed by atoms with E-state index < -0.39 is 6.04 Å². The highest BCUT2D eigenvalue weighted by Crippen LogP contribution is 2.35. The van der Waals surface area contributed by atoms with Crippen LogP contribution >= 0.6 is 0 Å². The van der Waals surface area contributed by atoms with Gasteiger partial charge in [0.15, 0.2) is 5.82 Å². The molecule has 38 heavy (non-hydrogen) atoms. The van der Waals surface area contributed by atoms with Gasteiger partial charge in [-0.05, 0) is 70.5 Å². The SMILES string of the molecule is Cc1ccc2cc([C@H](c3nnnn3C3CCCC3)N(Cc3ccccc3)Cc3cccnc3)c(=O)[nH]c2c1. The molecule has 1 saturated carbocycles. The number of hydrogen-bond donors (Lipinski definition) is 1. The maximum atomic E-state index is 13.8. The third-order valence-corrected chi connectivity index (χ3v) is 7.46. The first-order valence-corrected chi connectivity index (χ1v) is 13.2. The van der Waals surface area contributed by atoms with Crippen molar-refractivity contribution in [1.29, 1.82) is 0 Å². The van der Waals surface area contributed by atoms with Crippen LogP contribution in [0.2, 0.25) is 0 Å². The number of fused-ring (bicyclic) bond motifs is 1. The van der Waals surface area contributed by atoms with Gasteiger partial charge in [0.1, 0.15) is 6.04 Å². The Bertz CT molecular complexity index is 1530. The summed E-state index contributed by atoms with van der Waals surface area (Å²) in [5, 5.41) is 14.1. The third kappa shape index (κ3) is 4.99. The number of aryl methyl sites for hydroxylation is 1. The number of benzene rings is 2. The molecule has 6 rings (SSSR count). The molecule has 1 atom stereocenters. The van der Waals surface area contributed by atoms with Crippen molar-refractivity contribution in [2.75, 3.05) is 0 Å². The van der Waals surface area contributed by atoms with E-state index in [1.54, 1.807) is 6.20 Å². The number of H-pyrrole nitrogens is 1. The molecule has 8 heteroatoms. The molecule has 0 bridgehead atoms. The summed E-state index contributed by atoms with van der Waals surface area (Å²) in [5.74, 6) is 0.702. The van der Waals surface area contributed by atoms with E-state index in [0.717, 1.165) is 53.3 Å². The van der Waals surface area contributed by atoms with Crippen LogP contribution in [-0.4, -0.2) is 35.1 Å². The van der Waals surface area contributed by atoms with Crippen LogP contribution in [0.25, 0.3) is 10.9 Å². The molecular formula is C30H31N7O. The smallest absolute Gasteiger partial charge is 0.253 e. The zero-order chi connectivity index (χ0) is 25.9. The molecule has 0 unspecified atom stereocenters. The van der Waals surface area contributed by atoms with Gasteiger partial charge in [0.2, 0.25) is 0 Å². The Labute approximate surface area is 221 Å². The molecule has 3 aromatic heterocycles. The predicted octanol–water partition coefficient (Wildman–Crippen LogP) is 5.12. The number of nitrogens with one attached hydrogen (secondary N) is 1. The van der Waals surface area contributed by atoms with Crippen molar-refractivity contribution in [2.24, 2.45) is 0 Å². The van der Waals surface area contributed by atoms with Crippen LogP contribution in [0, 0.1) is 6.92 Å². The van der Waals surface area contributed by atoms with Crippen molar-refractivity contribution in [1.82, 2.24) is 35.1 Å². The maximum Gasteiger partial charge on any atom is 0.253 e. The van der Waals surface area contributed by atoms with Gasteiger partial charge in [0.25, 0.3) is 5.56 Å². The lowest BCUT2D eigenvalue weighted by Crippen LogP contribution is -2.35. The quantitative estimate of drug-likeness (QED) is 0.315. The first-order chi connectivity index (χ1) is 18.7. The average molecular weight is 506 g/mol. The molecule has 192 valence electrons. The number of pyridine rings is 2. The summed E-state index contributed by atoms with van der Waals surface area (Å²) < 4.78 is 1.97. The fraction of sp³-hybridized carbons (Fsp3) is 0.300. The molecule has 0 saturated heterocycles. The molecule has 1 N–H and O–H groups in total. The fourth-order valence-electron chi connectivity index (χ4n) is 5.61. The highest BCUT2D eigenvalue weighted by atomic mass is 16.1. The number of aromatic amines is 1. The van der Waals surface area contributed by atoms with Gasteiger partial charge in [0.05, 0.1) is 6.04 Å². The van der Waals surface area contributed by atoms with Crippen molar-refractivity contribution in [3.63, 3.8) is 0 Å². The number of rotatable bonds is 8. The van der Waals surface area contributed by atoms with Gasteiger partial charge in [-0.25, -0.2) is 4.68 Å². The minimum Gasteiger partial charge on any atom is -0.322 e. The lowest BCUT2D eigenvalue weighted by Gasteiger charge is -2.31. The van der Waals surface area contributed by atoms with Gasteiger partial charge < -0.3 is 4.98 Å². The van der Waals surface area contributed by atoms with Gasteiger partial charge in [-0.15, -0.1) is 5.10 Å². The molecule has 1 fully saturated rings. The van der Waals surface area contributed by atoms with Crippen LogP contribution in [-0.2, 0) is 13.1 Å². The van der Waals surface area contributed by atoms with Crippen molar-refractivity contribution < 1.29 is 0 Å². The topological polar surface area (TPSA) is 92.6 Å². The van der Waals surface area contributed by atoms with Crippen LogP contribution in [0.1, 0.15) is 65.8 Å². The summed E-state index contributed by atoms with van der Waals surface area (Å²) in [6, 6.07) is 22.3. The summed E-state index contributed by atoms with van der Waals surface area (Å²) in [6.07, 6.45) is 8.06. The Balaban J connectivity index is 1.53. The second-order valence-corrected chi connectivity index (χ2v) is 10.2. The largest absolute Gasteiger partial charge is 0.322 e. The lowest BCUT2D eigenvalue weighted by molar-refractivity contribution is 0.190. The maximum absolute atomic E-state index is 13.8. The second-order valence-electron chi connectivity index (χ2n) is 10.2. The molecule has 0 radical (unpaired) electrons. The van der Waals surface area contributed by atoms with Gasteiger partial charge >= 0.3 is 0 Å². The molecule has 0 amide bonds. The monoisotopic (exact) mass is 505 g/mol. The number of hydrogen-bond acceptors (Lipinski definition) is 6. The zero-order valence-electron chi connectivity index (χ0n) is 21.5. The van der Waals surface area contributed by atoms with E-state index >= 15 is 0 Å². The second kappa shape index (κ2) is 10.7. The van der Waals surface area contributed by atoms with Crippen LogP contribution in [0.4, 0.5) is 0 Å². The molecule has 0 aliphatic heterocycles. The van der Waals surface area contributed by atoms with Gasteiger partial charge in [-0.3, -0.25) is 14.7 Å². The highest BCUT2D eigenvalue weighted by Gasteiger charge is 2.33. The van der Waals surface area contributed by atoms with Crippen molar-refractivity contribution >= 4 is 10.9 Å². The number of nitrogens with zero attached hydrogens (tertiary/aromatic N) is 6. The minimum atomic E-state index is -0.458. The van der Waals surface area contributed by atoms with E-state index in [-0.39, 0.29) is 11.6 Å². The van der Waals surface area contributed by atoms with E-state index in [9.17, 15) is 4.79 Å². The average Bonchev–Trinajstić information content (AvgIpc) is 3.63.